The SMILES string of the molecule is CC(=O)Nc1cc2c(cn1)OCc1cc(OCC(C)(CC(C)C)NC(=O)OC(C)(C)C)ccc1-2.CC(=O)Nc1cc2c(cn1)OCc1cc(OCC(C)(N)CC(C)C)ccc1-2. The van der Waals surface area contributed by atoms with Crippen LogP contribution in [0.5, 0.6) is 23.0 Å². The molecule has 0 saturated heterocycles. The number of hydrogen-bond acceptors (Lipinski definition) is 11. The molecule has 2 aliphatic heterocycles. The van der Waals surface area contributed by atoms with E-state index in [1.165, 1.54) is 13.8 Å². The molecule has 0 radical (unpaired) electrons. The van der Waals surface area contributed by atoms with Gasteiger partial charge in [-0.05, 0) is 107 Å². The van der Waals surface area contributed by atoms with Gasteiger partial charge in [0.05, 0.1) is 17.9 Å². The van der Waals surface area contributed by atoms with Gasteiger partial charge in [-0.25, -0.2) is 14.8 Å². The third-order valence-corrected chi connectivity index (χ3v) is 9.51. The summed E-state index contributed by atoms with van der Waals surface area (Å²) in [5, 5.41) is 8.41. The van der Waals surface area contributed by atoms with Gasteiger partial charge < -0.3 is 45.4 Å². The summed E-state index contributed by atoms with van der Waals surface area (Å²) in [6.07, 6.45) is 4.42. The first-order valence-electron chi connectivity index (χ1n) is 20.7. The van der Waals surface area contributed by atoms with Crippen LogP contribution in [-0.4, -0.2) is 57.8 Å². The first-order chi connectivity index (χ1) is 28.6. The van der Waals surface area contributed by atoms with E-state index >= 15 is 0 Å². The highest BCUT2D eigenvalue weighted by Crippen LogP contribution is 2.41. The van der Waals surface area contributed by atoms with Crippen molar-refractivity contribution in [1.29, 1.82) is 0 Å². The molecule has 4 aromatic rings. The summed E-state index contributed by atoms with van der Waals surface area (Å²) >= 11 is 0. The number of nitrogens with one attached hydrogen (secondary N) is 3. The minimum atomic E-state index is -0.603. The number of nitrogens with zero attached hydrogens (tertiary/aromatic N) is 2. The molecular weight excluding hydrogens is 777 g/mol. The van der Waals surface area contributed by atoms with Gasteiger partial charge in [-0.2, -0.15) is 0 Å². The number of pyridine rings is 2. The number of nitrogens with two attached hydrogens (primary N) is 1. The Morgan fingerprint density at radius 3 is 1.57 bits per heavy atom. The Labute approximate surface area is 359 Å². The molecule has 0 saturated carbocycles. The molecule has 2 atom stereocenters. The van der Waals surface area contributed by atoms with E-state index in [0.29, 0.717) is 60.5 Å². The van der Waals surface area contributed by atoms with Gasteiger partial charge in [0.2, 0.25) is 11.8 Å². The maximum absolute atomic E-state index is 12.4. The Balaban J connectivity index is 0.000000237. The lowest BCUT2D eigenvalue weighted by Gasteiger charge is -2.33. The highest BCUT2D eigenvalue weighted by molar-refractivity contribution is 5.90. The van der Waals surface area contributed by atoms with Crippen LogP contribution in [0.25, 0.3) is 22.3 Å². The normalized spacial score (nSPS) is 14.4. The topological polar surface area (TPSA) is 185 Å². The molecule has 0 bridgehead atoms. The number of carbonyl (C=O) groups excluding carboxylic acids is 3. The van der Waals surface area contributed by atoms with Crippen LogP contribution in [0.1, 0.15) is 100 Å². The Hall–Kier alpha value is -5.89. The first-order valence-corrected chi connectivity index (χ1v) is 20.7. The van der Waals surface area contributed by atoms with E-state index in [1.54, 1.807) is 18.5 Å². The number of aromatic nitrogens is 2. The van der Waals surface area contributed by atoms with Gasteiger partial charge >= 0.3 is 6.09 Å². The summed E-state index contributed by atoms with van der Waals surface area (Å²) in [5.74, 6) is 4.34. The lowest BCUT2D eigenvalue weighted by Crippen LogP contribution is -2.52. The molecule has 14 heteroatoms. The molecule has 0 aliphatic carbocycles. The standard InChI is InChI=1S/C26H35N3O5.C21H27N3O3/c1-16(2)12-26(7,29-24(31)34-25(4,5)6)15-33-19-8-9-20-18(10-19)14-32-22-13-27-23(11-21(20)22)28-17(3)30;1-13(2)9-21(4,22)12-27-16-5-6-17-15(7-16)11-26-19-10-23-20(8-18(17)19)24-14(3)25/h8-11,13,16H,12,14-15H2,1-7H3,(H,29,31)(H,27,28,30);5-8,10,13H,9,11-12,22H2,1-4H3,(H,23,24,25). The Kier molecular flexibility index (Phi) is 14.6. The lowest BCUT2D eigenvalue weighted by molar-refractivity contribution is -0.115. The molecule has 14 nitrogen and oxygen atoms in total. The third kappa shape index (κ3) is 13.6. The average molecular weight is 839 g/mol. The highest BCUT2D eigenvalue weighted by Gasteiger charge is 2.31. The Bertz CT molecular complexity index is 2220. The van der Waals surface area contributed by atoms with E-state index in [-0.39, 0.29) is 24.0 Å². The molecule has 5 N–H and O–H groups in total. The van der Waals surface area contributed by atoms with Crippen molar-refractivity contribution in [3.05, 3.63) is 72.1 Å². The maximum atomic E-state index is 12.4. The fourth-order valence-electron chi connectivity index (χ4n) is 7.51. The molecule has 6 rings (SSSR count). The summed E-state index contributed by atoms with van der Waals surface area (Å²) in [5.41, 5.74) is 10.6. The number of anilines is 2. The highest BCUT2D eigenvalue weighted by atomic mass is 16.6. The number of alkyl carbamates (subject to hydrolysis) is 1. The second-order valence-corrected chi connectivity index (χ2v) is 18.3. The number of ether oxygens (including phenoxy) is 5. The molecule has 0 fully saturated rings. The number of amides is 3. The number of benzene rings is 2. The second-order valence-electron chi connectivity index (χ2n) is 18.3. The van der Waals surface area contributed by atoms with Crippen LogP contribution in [0.15, 0.2) is 60.9 Å². The van der Waals surface area contributed by atoms with Gasteiger partial charge in [0, 0.05) is 41.6 Å². The Morgan fingerprint density at radius 1 is 0.689 bits per heavy atom. The largest absolute Gasteiger partial charge is 0.492 e. The zero-order valence-electron chi connectivity index (χ0n) is 37.4. The van der Waals surface area contributed by atoms with Crippen LogP contribution in [0.2, 0.25) is 0 Å². The minimum Gasteiger partial charge on any atom is -0.492 e. The summed E-state index contributed by atoms with van der Waals surface area (Å²) in [7, 11) is 0. The van der Waals surface area contributed by atoms with Crippen LogP contribution in [0, 0.1) is 11.8 Å². The number of fused-ring (bicyclic) bond motifs is 6. The fourth-order valence-corrected chi connectivity index (χ4v) is 7.51. The van der Waals surface area contributed by atoms with Crippen LogP contribution in [-0.2, 0) is 27.5 Å². The van der Waals surface area contributed by atoms with Crippen LogP contribution >= 0.6 is 0 Å². The van der Waals surface area contributed by atoms with Gasteiger partial charge in [0.15, 0.2) is 0 Å². The molecule has 0 spiro atoms. The monoisotopic (exact) mass is 838 g/mol. The van der Waals surface area contributed by atoms with Gasteiger partial charge in [0.1, 0.15) is 66.7 Å². The van der Waals surface area contributed by atoms with Gasteiger partial charge in [-0.1, -0.05) is 39.8 Å². The molecule has 2 aliphatic rings. The average Bonchev–Trinajstić information content (AvgIpc) is 3.14. The zero-order chi connectivity index (χ0) is 44.7. The quantitative estimate of drug-likeness (QED) is 0.101. The first kappa shape index (κ1) is 46.2. The molecule has 2 aromatic carbocycles. The molecule has 2 unspecified atom stereocenters. The smallest absolute Gasteiger partial charge is 0.408 e. The molecule has 328 valence electrons. The Morgan fingerprint density at radius 2 is 1.15 bits per heavy atom. The third-order valence-electron chi connectivity index (χ3n) is 9.51. The van der Waals surface area contributed by atoms with E-state index in [9.17, 15) is 14.4 Å². The number of carbonyl (C=O) groups is 3. The van der Waals surface area contributed by atoms with Gasteiger partial charge in [-0.15, -0.1) is 0 Å². The van der Waals surface area contributed by atoms with Crippen molar-refractivity contribution in [1.82, 2.24) is 15.3 Å². The lowest BCUT2D eigenvalue weighted by atomic mass is 9.91. The van der Waals surface area contributed by atoms with Crippen molar-refractivity contribution < 1.29 is 38.1 Å². The summed E-state index contributed by atoms with van der Waals surface area (Å²) in [4.78, 5) is 43.5. The van der Waals surface area contributed by atoms with Crippen molar-refractivity contribution in [3.63, 3.8) is 0 Å². The van der Waals surface area contributed by atoms with Gasteiger partial charge in [0.25, 0.3) is 0 Å². The fraction of sp³-hybridized carbons (Fsp3) is 0.468. The van der Waals surface area contributed by atoms with Crippen molar-refractivity contribution >= 4 is 29.5 Å². The van der Waals surface area contributed by atoms with Crippen molar-refractivity contribution in [3.8, 4) is 45.3 Å². The second kappa shape index (κ2) is 19.2. The predicted octanol–water partition coefficient (Wildman–Crippen LogP) is 9.05. The summed E-state index contributed by atoms with van der Waals surface area (Å²) in [6.45, 7) is 22.5. The van der Waals surface area contributed by atoms with Crippen molar-refractivity contribution in [2.75, 3.05) is 23.8 Å². The van der Waals surface area contributed by atoms with Gasteiger partial charge in [-0.3, -0.25) is 9.59 Å². The number of rotatable bonds is 13. The summed E-state index contributed by atoms with van der Waals surface area (Å²) < 4.78 is 29.2. The van der Waals surface area contributed by atoms with Crippen LogP contribution in [0.3, 0.4) is 0 Å². The van der Waals surface area contributed by atoms with E-state index in [0.717, 1.165) is 52.0 Å². The molecule has 61 heavy (non-hydrogen) atoms. The molecule has 4 heterocycles. The zero-order valence-corrected chi connectivity index (χ0v) is 37.4. The molecule has 3 amide bonds. The molecule has 2 aromatic heterocycles. The van der Waals surface area contributed by atoms with E-state index in [4.69, 9.17) is 29.4 Å². The van der Waals surface area contributed by atoms with E-state index in [1.807, 2.05) is 77.1 Å². The van der Waals surface area contributed by atoms with E-state index < -0.39 is 17.2 Å². The maximum Gasteiger partial charge on any atom is 0.408 e. The van der Waals surface area contributed by atoms with Crippen molar-refractivity contribution in [2.24, 2.45) is 17.6 Å². The van der Waals surface area contributed by atoms with Crippen LogP contribution < -0.4 is 40.6 Å². The van der Waals surface area contributed by atoms with Crippen molar-refractivity contribution in [2.45, 2.75) is 119 Å². The molecular formula is C47H62N6O8. The summed E-state index contributed by atoms with van der Waals surface area (Å²) in [6, 6.07) is 15.4. The van der Waals surface area contributed by atoms with E-state index in [2.05, 4.69) is 53.6 Å². The van der Waals surface area contributed by atoms with Crippen LogP contribution in [0.4, 0.5) is 16.4 Å². The minimum absolute atomic E-state index is 0.158. The predicted molar refractivity (Wildman–Crippen MR) is 237 cm³/mol. The number of hydrogen-bond donors (Lipinski definition) is 4.